The Labute approximate surface area is 199 Å². The first kappa shape index (κ1) is 23.8. The average Bonchev–Trinajstić information content (AvgIpc) is 3.59. The van der Waals surface area contributed by atoms with E-state index in [4.69, 9.17) is 4.74 Å². The van der Waals surface area contributed by atoms with Gasteiger partial charge in [-0.15, -0.1) is 0 Å². The number of carbonyl (C=O) groups is 3. The van der Waals surface area contributed by atoms with E-state index < -0.39 is 35.0 Å². The Morgan fingerprint density at radius 3 is 1.97 bits per heavy atom. The number of carboxylic acids is 1. The van der Waals surface area contributed by atoms with Crippen LogP contribution in [0.2, 0.25) is 0 Å². The van der Waals surface area contributed by atoms with Crippen LogP contribution in [0.15, 0.2) is 48.5 Å². The Morgan fingerprint density at radius 1 is 0.971 bits per heavy atom. The third-order valence-electron chi connectivity index (χ3n) is 6.96. The van der Waals surface area contributed by atoms with Gasteiger partial charge < -0.3 is 20.5 Å². The summed E-state index contributed by atoms with van der Waals surface area (Å²) in [5.74, 6) is -1.80. The Morgan fingerprint density at radius 2 is 1.50 bits per heavy atom. The molecule has 7 nitrogen and oxygen atoms in total. The molecule has 2 aliphatic carbocycles. The third-order valence-corrected chi connectivity index (χ3v) is 6.96. The first-order valence-corrected chi connectivity index (χ1v) is 11.7. The van der Waals surface area contributed by atoms with Crippen molar-refractivity contribution in [1.29, 1.82) is 0 Å². The molecule has 0 heterocycles. The minimum Gasteiger partial charge on any atom is -0.480 e. The number of benzene rings is 2. The summed E-state index contributed by atoms with van der Waals surface area (Å²) in [5.41, 5.74) is 2.45. The second-order valence-electron chi connectivity index (χ2n) is 10.5. The number of ether oxygens (including phenoxy) is 1. The summed E-state index contributed by atoms with van der Waals surface area (Å²) >= 11 is 0. The van der Waals surface area contributed by atoms with Crippen molar-refractivity contribution >= 4 is 18.0 Å². The number of aliphatic carboxylic acids is 1. The number of alkyl carbamates (subject to hydrolysis) is 1. The average molecular weight is 465 g/mol. The lowest BCUT2D eigenvalue weighted by Gasteiger charge is -2.34. The van der Waals surface area contributed by atoms with Gasteiger partial charge in [-0.3, -0.25) is 4.79 Å². The molecule has 7 heteroatoms. The topological polar surface area (TPSA) is 105 Å². The van der Waals surface area contributed by atoms with Gasteiger partial charge in [0.1, 0.15) is 18.2 Å². The van der Waals surface area contributed by atoms with Crippen molar-refractivity contribution in [2.24, 2.45) is 11.3 Å². The summed E-state index contributed by atoms with van der Waals surface area (Å²) in [7, 11) is 0. The van der Waals surface area contributed by atoms with Gasteiger partial charge in [0.2, 0.25) is 5.91 Å². The Hall–Kier alpha value is -3.35. The highest BCUT2D eigenvalue weighted by atomic mass is 16.5. The molecule has 1 fully saturated rings. The number of amides is 2. The van der Waals surface area contributed by atoms with Crippen LogP contribution in [-0.4, -0.2) is 41.3 Å². The number of carbonyl (C=O) groups excluding carboxylic acids is 2. The maximum atomic E-state index is 13.1. The van der Waals surface area contributed by atoms with Crippen LogP contribution in [0.1, 0.15) is 57.6 Å². The molecule has 2 atom stereocenters. The summed E-state index contributed by atoms with van der Waals surface area (Å²) in [6.45, 7) is 7.11. The second-order valence-corrected chi connectivity index (χ2v) is 10.5. The molecule has 0 bridgehead atoms. The summed E-state index contributed by atoms with van der Waals surface area (Å²) in [6.07, 6.45) is 0.798. The lowest BCUT2D eigenvalue weighted by Crippen LogP contribution is -2.61. The first-order valence-electron chi connectivity index (χ1n) is 11.7. The monoisotopic (exact) mass is 464 g/mol. The third kappa shape index (κ3) is 4.52. The van der Waals surface area contributed by atoms with Gasteiger partial charge in [0.05, 0.1) is 0 Å². The fourth-order valence-corrected chi connectivity index (χ4v) is 4.75. The first-order chi connectivity index (χ1) is 16.0. The Balaban J connectivity index is 1.45. The molecule has 0 spiro atoms. The molecule has 0 aliphatic heterocycles. The summed E-state index contributed by atoms with van der Waals surface area (Å²) in [5, 5.41) is 15.1. The van der Waals surface area contributed by atoms with Crippen LogP contribution in [0.25, 0.3) is 11.1 Å². The minimum absolute atomic E-state index is 0.0924. The molecule has 180 valence electrons. The van der Waals surface area contributed by atoms with Crippen molar-refractivity contribution in [3.63, 3.8) is 0 Å². The maximum absolute atomic E-state index is 13.1. The quantitative estimate of drug-likeness (QED) is 0.566. The molecule has 2 amide bonds. The second kappa shape index (κ2) is 8.78. The van der Waals surface area contributed by atoms with Crippen LogP contribution in [0.5, 0.6) is 0 Å². The zero-order chi connectivity index (χ0) is 24.7. The van der Waals surface area contributed by atoms with Crippen molar-refractivity contribution in [1.82, 2.24) is 10.6 Å². The minimum atomic E-state index is -1.36. The van der Waals surface area contributed by atoms with Crippen molar-refractivity contribution < 1.29 is 24.2 Å². The van der Waals surface area contributed by atoms with Gasteiger partial charge in [-0.1, -0.05) is 69.3 Å². The summed E-state index contributed by atoms with van der Waals surface area (Å²) in [6, 6.07) is 15.2. The molecule has 0 radical (unpaired) electrons. The van der Waals surface area contributed by atoms with Gasteiger partial charge in [0.15, 0.2) is 0 Å². The number of hydrogen-bond donors (Lipinski definition) is 3. The number of carboxylic acid groups (broad SMARTS) is 1. The molecule has 0 saturated heterocycles. The van der Waals surface area contributed by atoms with Crippen LogP contribution >= 0.6 is 0 Å². The molecule has 2 aromatic rings. The van der Waals surface area contributed by atoms with Crippen LogP contribution in [0.3, 0.4) is 0 Å². The fourth-order valence-electron chi connectivity index (χ4n) is 4.75. The standard InChI is InChI=1S/C27H32N2O5/c1-26(2,3)22(23(30)29-27(4,24(31)32)16-13-14-16)28-25(33)34-15-21-19-11-7-5-9-17(19)18-10-6-8-12-20(18)21/h5-12,16,21-22H,13-15H2,1-4H3,(H,28,33)(H,29,30)(H,31,32)/t22-,27?/m0/s1. The molecule has 34 heavy (non-hydrogen) atoms. The van der Waals surface area contributed by atoms with E-state index in [0.29, 0.717) is 0 Å². The van der Waals surface area contributed by atoms with Gasteiger partial charge >= 0.3 is 12.1 Å². The van der Waals surface area contributed by atoms with Crippen LogP contribution in [0, 0.1) is 11.3 Å². The van der Waals surface area contributed by atoms with Crippen LogP contribution in [-0.2, 0) is 14.3 Å². The van der Waals surface area contributed by atoms with Gasteiger partial charge in [0, 0.05) is 5.92 Å². The van der Waals surface area contributed by atoms with Gasteiger partial charge in [-0.05, 0) is 53.4 Å². The van der Waals surface area contributed by atoms with E-state index in [9.17, 15) is 19.5 Å². The fraction of sp³-hybridized carbons (Fsp3) is 0.444. The van der Waals surface area contributed by atoms with Crippen molar-refractivity contribution in [2.45, 2.75) is 58.0 Å². The molecule has 4 rings (SSSR count). The summed E-state index contributed by atoms with van der Waals surface area (Å²) < 4.78 is 5.61. The number of rotatable bonds is 7. The van der Waals surface area contributed by atoms with Crippen molar-refractivity contribution in [3.05, 3.63) is 59.7 Å². The molecular weight excluding hydrogens is 432 g/mol. The maximum Gasteiger partial charge on any atom is 0.407 e. The van der Waals surface area contributed by atoms with Gasteiger partial charge in [0.25, 0.3) is 0 Å². The van der Waals surface area contributed by atoms with Crippen LogP contribution < -0.4 is 10.6 Å². The molecule has 1 saturated carbocycles. The van der Waals surface area contributed by atoms with Crippen LogP contribution in [0.4, 0.5) is 4.79 Å². The molecule has 2 aromatic carbocycles. The lowest BCUT2D eigenvalue weighted by atomic mass is 9.85. The molecule has 1 unspecified atom stereocenters. The largest absolute Gasteiger partial charge is 0.480 e. The highest BCUT2D eigenvalue weighted by molar-refractivity contribution is 5.92. The molecule has 0 aromatic heterocycles. The highest BCUT2D eigenvalue weighted by Crippen LogP contribution is 2.44. The number of nitrogens with one attached hydrogen (secondary N) is 2. The van der Waals surface area contributed by atoms with Gasteiger partial charge in [-0.2, -0.15) is 0 Å². The summed E-state index contributed by atoms with van der Waals surface area (Å²) in [4.78, 5) is 37.8. The molecule has 3 N–H and O–H groups in total. The van der Waals surface area contributed by atoms with Crippen molar-refractivity contribution in [2.75, 3.05) is 6.61 Å². The SMILES string of the molecule is CC(NC(=O)[C@H](NC(=O)OCC1c2ccccc2-c2ccccc21)C(C)(C)C)(C(=O)O)C1CC1. The van der Waals surface area contributed by atoms with E-state index in [-0.39, 0.29) is 18.4 Å². The van der Waals surface area contributed by atoms with Gasteiger partial charge in [-0.25, -0.2) is 9.59 Å². The van der Waals surface area contributed by atoms with E-state index in [1.165, 1.54) is 6.92 Å². The van der Waals surface area contributed by atoms with E-state index in [1.54, 1.807) is 0 Å². The number of fused-ring (bicyclic) bond motifs is 3. The lowest BCUT2D eigenvalue weighted by molar-refractivity contribution is -0.148. The Kier molecular flexibility index (Phi) is 6.14. The molecule has 2 aliphatic rings. The predicted octanol–water partition coefficient (Wildman–Crippen LogP) is 4.31. The Bertz CT molecular complexity index is 1070. The zero-order valence-corrected chi connectivity index (χ0v) is 20.1. The highest BCUT2D eigenvalue weighted by Gasteiger charge is 2.50. The van der Waals surface area contributed by atoms with E-state index in [2.05, 4.69) is 22.8 Å². The normalized spacial score (nSPS) is 17.6. The van der Waals surface area contributed by atoms with E-state index in [1.807, 2.05) is 57.2 Å². The molecular formula is C27H32N2O5. The zero-order valence-electron chi connectivity index (χ0n) is 20.1. The van der Waals surface area contributed by atoms with Crippen molar-refractivity contribution in [3.8, 4) is 11.1 Å². The van der Waals surface area contributed by atoms with E-state index >= 15 is 0 Å². The van der Waals surface area contributed by atoms with E-state index in [0.717, 1.165) is 35.1 Å². The predicted molar refractivity (Wildman–Crippen MR) is 128 cm³/mol. The smallest absolute Gasteiger partial charge is 0.407 e. The number of hydrogen-bond acceptors (Lipinski definition) is 4.